The van der Waals surface area contributed by atoms with E-state index < -0.39 is 16.4 Å². The van der Waals surface area contributed by atoms with Gasteiger partial charge in [-0.25, -0.2) is 13.8 Å². The van der Waals surface area contributed by atoms with Crippen molar-refractivity contribution in [2.45, 2.75) is 25.3 Å². The van der Waals surface area contributed by atoms with E-state index in [1.807, 2.05) is 0 Å². The highest BCUT2D eigenvalue weighted by molar-refractivity contribution is 7.92. The van der Waals surface area contributed by atoms with E-state index >= 15 is 0 Å². The third-order valence-corrected chi connectivity index (χ3v) is 4.65. The average molecular weight is 341 g/mol. The molecular formula is C14H13F2N3O3S. The van der Waals surface area contributed by atoms with E-state index in [1.54, 1.807) is 13.0 Å². The van der Waals surface area contributed by atoms with Crippen LogP contribution in [0.3, 0.4) is 0 Å². The lowest BCUT2D eigenvalue weighted by Crippen LogP contribution is -2.13. The predicted molar refractivity (Wildman–Crippen MR) is 80.0 cm³/mol. The van der Waals surface area contributed by atoms with Gasteiger partial charge in [0.1, 0.15) is 6.26 Å². The number of rotatable bonds is 4. The third kappa shape index (κ3) is 2.67. The summed E-state index contributed by atoms with van der Waals surface area (Å²) in [6.07, 6.45) is -0.463. The Labute approximate surface area is 130 Å². The normalized spacial score (nSPS) is 12.2. The average Bonchev–Trinajstić information content (AvgIpc) is 3.09. The molecule has 122 valence electrons. The fourth-order valence-electron chi connectivity index (χ4n) is 2.37. The molecule has 9 heteroatoms. The third-order valence-electron chi connectivity index (χ3n) is 3.43. The summed E-state index contributed by atoms with van der Waals surface area (Å²) in [5.74, 6) is 0.208. The lowest BCUT2D eigenvalue weighted by molar-refractivity contribution is 0.153. The molecule has 0 bridgehead atoms. The molecule has 2 heterocycles. The summed E-state index contributed by atoms with van der Waals surface area (Å²) in [6, 6.07) is 3.09. The number of aryl methyl sites for hydroxylation is 2. The number of halogens is 2. The number of aromatic amines is 1. The number of aromatic nitrogens is 2. The van der Waals surface area contributed by atoms with Crippen molar-refractivity contribution < 1.29 is 21.6 Å². The molecule has 3 rings (SSSR count). The summed E-state index contributed by atoms with van der Waals surface area (Å²) < 4.78 is 57.9. The van der Waals surface area contributed by atoms with Crippen LogP contribution in [0.25, 0.3) is 10.9 Å². The Morgan fingerprint density at radius 2 is 2.04 bits per heavy atom. The molecule has 2 aromatic heterocycles. The Morgan fingerprint density at radius 1 is 1.30 bits per heavy atom. The van der Waals surface area contributed by atoms with E-state index in [0.29, 0.717) is 16.5 Å². The second kappa shape index (κ2) is 5.34. The van der Waals surface area contributed by atoms with Crippen LogP contribution in [0.1, 0.15) is 23.4 Å². The van der Waals surface area contributed by atoms with Crippen LogP contribution in [-0.2, 0) is 10.0 Å². The van der Waals surface area contributed by atoms with Gasteiger partial charge in [0.2, 0.25) is 5.03 Å². The molecule has 0 unspecified atom stereocenters. The Bertz CT molecular complexity index is 976. The molecule has 0 radical (unpaired) electrons. The monoisotopic (exact) mass is 341 g/mol. The van der Waals surface area contributed by atoms with E-state index in [0.717, 1.165) is 6.26 Å². The quantitative estimate of drug-likeness (QED) is 0.760. The number of anilines is 1. The number of oxazole rings is 1. The first-order valence-corrected chi connectivity index (χ1v) is 8.11. The molecule has 0 amide bonds. The van der Waals surface area contributed by atoms with Crippen LogP contribution in [0, 0.1) is 13.8 Å². The van der Waals surface area contributed by atoms with Crippen LogP contribution in [0.5, 0.6) is 0 Å². The van der Waals surface area contributed by atoms with E-state index in [9.17, 15) is 17.2 Å². The lowest BCUT2D eigenvalue weighted by Gasteiger charge is -2.09. The molecule has 23 heavy (non-hydrogen) atoms. The van der Waals surface area contributed by atoms with Gasteiger partial charge in [-0.05, 0) is 18.6 Å². The zero-order valence-corrected chi connectivity index (χ0v) is 13.0. The van der Waals surface area contributed by atoms with Gasteiger partial charge in [-0.2, -0.15) is 8.42 Å². The topological polar surface area (TPSA) is 88.0 Å². The fourth-order valence-corrected chi connectivity index (χ4v) is 3.36. The van der Waals surface area contributed by atoms with Crippen LogP contribution in [0.15, 0.2) is 34.0 Å². The highest BCUT2D eigenvalue weighted by Gasteiger charge is 2.22. The molecule has 0 fully saturated rings. The molecule has 2 N–H and O–H groups in total. The highest BCUT2D eigenvalue weighted by atomic mass is 32.2. The second-order valence-corrected chi connectivity index (χ2v) is 6.66. The number of H-pyrrole nitrogens is 1. The smallest absolute Gasteiger partial charge is 0.282 e. The first-order chi connectivity index (χ1) is 10.8. The SMILES string of the molecule is Cc1nc(S(=O)(=O)Nc2ccc(C)c3c(C(F)F)c[nH]c23)co1. The van der Waals surface area contributed by atoms with Gasteiger partial charge >= 0.3 is 0 Å². The zero-order valence-electron chi connectivity index (χ0n) is 12.2. The number of nitrogens with one attached hydrogen (secondary N) is 2. The maximum atomic E-state index is 13.1. The minimum absolute atomic E-state index is 0.165. The standard InChI is InChI=1S/C14H13F2N3O3S/c1-7-3-4-10(13-12(7)9(5-17-13)14(15)16)19-23(20,21)11-6-22-8(2)18-11/h3-6,14,17,19H,1-2H3. The molecule has 3 aromatic rings. The molecule has 0 aliphatic heterocycles. The minimum atomic E-state index is -3.97. The van der Waals surface area contributed by atoms with Gasteiger partial charge in [-0.1, -0.05) is 6.07 Å². The number of benzene rings is 1. The minimum Gasteiger partial charge on any atom is -0.448 e. The van der Waals surface area contributed by atoms with Gasteiger partial charge in [-0.15, -0.1) is 0 Å². The van der Waals surface area contributed by atoms with Crippen molar-refractivity contribution in [3.8, 4) is 0 Å². The maximum Gasteiger partial charge on any atom is 0.282 e. The van der Waals surface area contributed by atoms with Gasteiger partial charge in [0, 0.05) is 24.1 Å². The zero-order chi connectivity index (χ0) is 16.8. The number of hydrogen-bond donors (Lipinski definition) is 2. The van der Waals surface area contributed by atoms with Gasteiger partial charge in [0.25, 0.3) is 16.4 Å². The lowest BCUT2D eigenvalue weighted by atomic mass is 10.1. The number of nitrogens with zero attached hydrogens (tertiary/aromatic N) is 1. The second-order valence-electron chi connectivity index (χ2n) is 5.03. The first kappa shape index (κ1) is 15.5. The van der Waals surface area contributed by atoms with Gasteiger partial charge in [0.15, 0.2) is 5.89 Å². The molecule has 1 aromatic carbocycles. The van der Waals surface area contributed by atoms with Gasteiger partial charge < -0.3 is 9.40 Å². The van der Waals surface area contributed by atoms with Crippen molar-refractivity contribution in [1.29, 1.82) is 0 Å². The Morgan fingerprint density at radius 3 is 2.65 bits per heavy atom. The summed E-state index contributed by atoms with van der Waals surface area (Å²) in [5.41, 5.74) is 0.912. The van der Waals surface area contributed by atoms with Crippen molar-refractivity contribution >= 4 is 26.6 Å². The number of alkyl halides is 2. The number of sulfonamides is 1. The summed E-state index contributed by atoms with van der Waals surface area (Å²) in [5, 5.41) is 0.0286. The molecule has 0 saturated carbocycles. The van der Waals surface area contributed by atoms with E-state index in [-0.39, 0.29) is 22.2 Å². The Hall–Kier alpha value is -2.42. The summed E-state index contributed by atoms with van der Waals surface area (Å²) in [7, 11) is -3.97. The molecule has 0 spiro atoms. The number of hydrogen-bond acceptors (Lipinski definition) is 4. The highest BCUT2D eigenvalue weighted by Crippen LogP contribution is 2.34. The Balaban J connectivity index is 2.09. The van der Waals surface area contributed by atoms with Gasteiger partial charge in [0.05, 0.1) is 11.2 Å². The molecule has 6 nitrogen and oxygen atoms in total. The van der Waals surface area contributed by atoms with E-state index in [4.69, 9.17) is 4.42 Å². The van der Waals surface area contributed by atoms with Crippen LogP contribution >= 0.6 is 0 Å². The van der Waals surface area contributed by atoms with E-state index in [2.05, 4.69) is 14.7 Å². The first-order valence-electron chi connectivity index (χ1n) is 6.63. The number of fused-ring (bicyclic) bond motifs is 1. The van der Waals surface area contributed by atoms with Crippen LogP contribution in [-0.4, -0.2) is 18.4 Å². The Kier molecular flexibility index (Phi) is 3.59. The molecule has 0 aliphatic carbocycles. The van der Waals surface area contributed by atoms with Crippen molar-refractivity contribution in [3.05, 3.63) is 41.6 Å². The van der Waals surface area contributed by atoms with Crippen LogP contribution in [0.4, 0.5) is 14.5 Å². The van der Waals surface area contributed by atoms with Crippen LogP contribution in [0.2, 0.25) is 0 Å². The summed E-state index contributed by atoms with van der Waals surface area (Å²) in [4.78, 5) is 6.47. The van der Waals surface area contributed by atoms with Crippen molar-refractivity contribution in [3.63, 3.8) is 0 Å². The van der Waals surface area contributed by atoms with Crippen LogP contribution < -0.4 is 4.72 Å². The summed E-state index contributed by atoms with van der Waals surface area (Å²) >= 11 is 0. The predicted octanol–water partition coefficient (Wildman–Crippen LogP) is 3.51. The molecule has 0 aliphatic rings. The maximum absolute atomic E-state index is 13.1. The molecule has 0 atom stereocenters. The van der Waals surface area contributed by atoms with Crippen molar-refractivity contribution in [2.24, 2.45) is 0 Å². The molecular weight excluding hydrogens is 328 g/mol. The van der Waals surface area contributed by atoms with Crippen molar-refractivity contribution in [1.82, 2.24) is 9.97 Å². The van der Waals surface area contributed by atoms with Crippen molar-refractivity contribution in [2.75, 3.05) is 4.72 Å². The fraction of sp³-hybridized carbons (Fsp3) is 0.214. The van der Waals surface area contributed by atoms with Gasteiger partial charge in [-0.3, -0.25) is 4.72 Å². The molecule has 0 saturated heterocycles. The summed E-state index contributed by atoms with van der Waals surface area (Å²) in [6.45, 7) is 3.20. The largest absolute Gasteiger partial charge is 0.448 e. The van der Waals surface area contributed by atoms with E-state index in [1.165, 1.54) is 19.2 Å².